The molecule has 0 radical (unpaired) electrons. The Labute approximate surface area is 84.4 Å². The zero-order valence-electron chi connectivity index (χ0n) is 8.61. The summed E-state index contributed by atoms with van der Waals surface area (Å²) >= 11 is 0. The van der Waals surface area contributed by atoms with Gasteiger partial charge in [-0.15, -0.1) is 0 Å². The zero-order valence-corrected chi connectivity index (χ0v) is 8.61. The van der Waals surface area contributed by atoms with Gasteiger partial charge in [-0.25, -0.2) is 0 Å². The van der Waals surface area contributed by atoms with Crippen molar-refractivity contribution in [2.75, 3.05) is 0 Å². The SMILES string of the molecule is C[C@@H]1CC[C@H]2OC(=O)CCC[C@@H](O)[C@H]12. The summed E-state index contributed by atoms with van der Waals surface area (Å²) in [4.78, 5) is 11.3. The Morgan fingerprint density at radius 1 is 1.36 bits per heavy atom. The molecule has 2 fully saturated rings. The molecule has 14 heavy (non-hydrogen) atoms. The van der Waals surface area contributed by atoms with Crippen LogP contribution in [-0.2, 0) is 9.53 Å². The van der Waals surface area contributed by atoms with Crippen LogP contribution >= 0.6 is 0 Å². The third-order valence-electron chi connectivity index (χ3n) is 3.60. The third-order valence-corrected chi connectivity index (χ3v) is 3.60. The molecule has 0 aromatic carbocycles. The van der Waals surface area contributed by atoms with Gasteiger partial charge in [0.15, 0.2) is 0 Å². The standard InChI is InChI=1S/C11H18O3/c1-7-5-6-9-11(7)8(12)3-2-4-10(13)14-9/h7-9,11-12H,2-6H2,1H3/t7-,8-,9-,11+/m1/s1. The van der Waals surface area contributed by atoms with Crippen molar-refractivity contribution in [2.45, 2.75) is 51.2 Å². The van der Waals surface area contributed by atoms with E-state index in [1.165, 1.54) is 0 Å². The number of carbonyl (C=O) groups is 1. The smallest absolute Gasteiger partial charge is 0.306 e. The minimum absolute atomic E-state index is 0.0206. The summed E-state index contributed by atoms with van der Waals surface area (Å²) in [5.74, 6) is 0.584. The van der Waals surface area contributed by atoms with Gasteiger partial charge in [0.2, 0.25) is 0 Å². The van der Waals surface area contributed by atoms with Gasteiger partial charge in [0, 0.05) is 12.3 Å². The minimum atomic E-state index is -0.273. The summed E-state index contributed by atoms with van der Waals surface area (Å²) < 4.78 is 5.36. The number of ether oxygens (including phenoxy) is 1. The van der Waals surface area contributed by atoms with Gasteiger partial charge in [0.25, 0.3) is 0 Å². The summed E-state index contributed by atoms with van der Waals surface area (Å²) in [6.45, 7) is 2.14. The van der Waals surface area contributed by atoms with Gasteiger partial charge < -0.3 is 9.84 Å². The summed E-state index contributed by atoms with van der Waals surface area (Å²) in [5, 5.41) is 9.95. The van der Waals surface area contributed by atoms with E-state index >= 15 is 0 Å². The lowest BCUT2D eigenvalue weighted by Gasteiger charge is -2.29. The summed E-state index contributed by atoms with van der Waals surface area (Å²) in [6.07, 6.45) is 3.68. The number of aliphatic hydroxyl groups excluding tert-OH is 1. The van der Waals surface area contributed by atoms with Gasteiger partial charge in [0.05, 0.1) is 6.10 Å². The fourth-order valence-electron chi connectivity index (χ4n) is 2.82. The van der Waals surface area contributed by atoms with Gasteiger partial charge in [-0.1, -0.05) is 6.92 Å². The molecule has 0 amide bonds. The Morgan fingerprint density at radius 3 is 2.93 bits per heavy atom. The van der Waals surface area contributed by atoms with Crippen LogP contribution < -0.4 is 0 Å². The molecule has 80 valence electrons. The van der Waals surface area contributed by atoms with Crippen molar-refractivity contribution in [1.82, 2.24) is 0 Å². The van der Waals surface area contributed by atoms with Crippen molar-refractivity contribution < 1.29 is 14.6 Å². The predicted octanol–water partition coefficient (Wildman–Crippen LogP) is 1.49. The molecule has 2 rings (SSSR count). The van der Waals surface area contributed by atoms with E-state index in [9.17, 15) is 9.90 Å². The van der Waals surface area contributed by atoms with Crippen molar-refractivity contribution in [2.24, 2.45) is 11.8 Å². The van der Waals surface area contributed by atoms with E-state index in [-0.39, 0.29) is 24.1 Å². The Balaban J connectivity index is 2.11. The fourth-order valence-corrected chi connectivity index (χ4v) is 2.82. The number of carbonyl (C=O) groups excluding carboxylic acids is 1. The van der Waals surface area contributed by atoms with E-state index in [0.717, 1.165) is 25.7 Å². The normalized spacial score (nSPS) is 43.7. The van der Waals surface area contributed by atoms with Crippen molar-refractivity contribution in [1.29, 1.82) is 0 Å². The second-order valence-electron chi connectivity index (χ2n) is 4.62. The Kier molecular flexibility index (Phi) is 2.77. The monoisotopic (exact) mass is 198 g/mol. The van der Waals surface area contributed by atoms with E-state index in [2.05, 4.69) is 6.92 Å². The lowest BCUT2D eigenvalue weighted by Crippen LogP contribution is -2.36. The molecule has 3 nitrogen and oxygen atoms in total. The van der Waals surface area contributed by atoms with E-state index in [1.807, 2.05) is 0 Å². The van der Waals surface area contributed by atoms with Crippen LogP contribution in [0.5, 0.6) is 0 Å². The number of hydrogen-bond acceptors (Lipinski definition) is 3. The third kappa shape index (κ3) is 1.78. The molecule has 4 atom stereocenters. The highest BCUT2D eigenvalue weighted by Gasteiger charge is 2.41. The highest BCUT2D eigenvalue weighted by molar-refractivity contribution is 5.69. The highest BCUT2D eigenvalue weighted by Crippen LogP contribution is 2.38. The van der Waals surface area contributed by atoms with Crippen LogP contribution in [-0.4, -0.2) is 23.3 Å². The summed E-state index contributed by atoms with van der Waals surface area (Å²) in [7, 11) is 0. The number of hydrogen-bond donors (Lipinski definition) is 1. The second-order valence-corrected chi connectivity index (χ2v) is 4.62. The molecular weight excluding hydrogens is 180 g/mol. The molecular formula is C11H18O3. The van der Waals surface area contributed by atoms with Gasteiger partial charge in [-0.2, -0.15) is 0 Å². The fraction of sp³-hybridized carbons (Fsp3) is 0.909. The van der Waals surface area contributed by atoms with Crippen molar-refractivity contribution in [3.05, 3.63) is 0 Å². The molecule has 1 N–H and O–H groups in total. The van der Waals surface area contributed by atoms with Gasteiger partial charge >= 0.3 is 5.97 Å². The van der Waals surface area contributed by atoms with Crippen LogP contribution in [0.3, 0.4) is 0 Å². The minimum Gasteiger partial charge on any atom is -0.462 e. The lowest BCUT2D eigenvalue weighted by atomic mass is 9.87. The number of aliphatic hydroxyl groups is 1. The average Bonchev–Trinajstić information content (AvgIpc) is 2.44. The summed E-state index contributed by atoms with van der Waals surface area (Å²) in [6, 6.07) is 0. The molecule has 1 aliphatic carbocycles. The maximum atomic E-state index is 11.3. The van der Waals surface area contributed by atoms with E-state index in [1.54, 1.807) is 0 Å². The molecule has 0 spiro atoms. The lowest BCUT2D eigenvalue weighted by molar-refractivity contribution is -0.156. The molecule has 1 aliphatic heterocycles. The molecule has 1 heterocycles. The Morgan fingerprint density at radius 2 is 2.14 bits per heavy atom. The van der Waals surface area contributed by atoms with Crippen LogP contribution in [0.25, 0.3) is 0 Å². The molecule has 0 bridgehead atoms. The predicted molar refractivity (Wildman–Crippen MR) is 51.6 cm³/mol. The Hall–Kier alpha value is -0.570. The first-order valence-corrected chi connectivity index (χ1v) is 5.56. The van der Waals surface area contributed by atoms with E-state index in [0.29, 0.717) is 12.3 Å². The quantitative estimate of drug-likeness (QED) is 0.600. The molecule has 3 heteroatoms. The highest BCUT2D eigenvalue weighted by atomic mass is 16.5. The first kappa shape index (κ1) is 9.97. The number of rotatable bonds is 0. The first-order valence-electron chi connectivity index (χ1n) is 5.56. The van der Waals surface area contributed by atoms with Crippen molar-refractivity contribution >= 4 is 5.97 Å². The molecule has 1 saturated heterocycles. The summed E-state index contributed by atoms with van der Waals surface area (Å²) in [5.41, 5.74) is 0. The number of esters is 1. The van der Waals surface area contributed by atoms with Crippen LogP contribution in [0.2, 0.25) is 0 Å². The van der Waals surface area contributed by atoms with Crippen LogP contribution in [0.4, 0.5) is 0 Å². The topological polar surface area (TPSA) is 46.5 Å². The van der Waals surface area contributed by atoms with Crippen LogP contribution in [0, 0.1) is 11.8 Å². The van der Waals surface area contributed by atoms with Crippen LogP contribution in [0.15, 0.2) is 0 Å². The van der Waals surface area contributed by atoms with Gasteiger partial charge in [-0.3, -0.25) is 4.79 Å². The van der Waals surface area contributed by atoms with Gasteiger partial charge in [-0.05, 0) is 31.6 Å². The van der Waals surface area contributed by atoms with E-state index < -0.39 is 0 Å². The first-order chi connectivity index (χ1) is 6.68. The van der Waals surface area contributed by atoms with Gasteiger partial charge in [0.1, 0.15) is 6.10 Å². The molecule has 0 aromatic rings. The largest absolute Gasteiger partial charge is 0.462 e. The Bertz CT molecular complexity index is 227. The average molecular weight is 198 g/mol. The molecule has 0 aromatic heterocycles. The van der Waals surface area contributed by atoms with Crippen molar-refractivity contribution in [3.63, 3.8) is 0 Å². The molecule has 1 saturated carbocycles. The van der Waals surface area contributed by atoms with Crippen molar-refractivity contribution in [3.8, 4) is 0 Å². The van der Waals surface area contributed by atoms with E-state index in [4.69, 9.17) is 4.74 Å². The molecule has 2 aliphatic rings. The zero-order chi connectivity index (χ0) is 10.1. The number of fused-ring (bicyclic) bond motifs is 1. The molecule has 0 unspecified atom stereocenters. The maximum absolute atomic E-state index is 11.3. The van der Waals surface area contributed by atoms with Crippen LogP contribution in [0.1, 0.15) is 39.0 Å². The second kappa shape index (κ2) is 3.89. The maximum Gasteiger partial charge on any atom is 0.306 e.